The zero-order chi connectivity index (χ0) is 11.5. The summed E-state index contributed by atoms with van der Waals surface area (Å²) in [5.41, 5.74) is 2.28. The Balaban J connectivity index is 2.13. The summed E-state index contributed by atoms with van der Waals surface area (Å²) in [6, 6.07) is 3.71. The van der Waals surface area contributed by atoms with Crippen LogP contribution in [0.4, 0.5) is 4.39 Å². The molecule has 0 radical (unpaired) electrons. The van der Waals surface area contributed by atoms with Crippen LogP contribution in [0.5, 0.6) is 0 Å². The fraction of sp³-hybridized carbons (Fsp3) is 0.538. The van der Waals surface area contributed by atoms with E-state index < -0.39 is 0 Å². The monoisotopic (exact) mass is 285 g/mol. The van der Waals surface area contributed by atoms with Crippen molar-refractivity contribution in [2.24, 2.45) is 0 Å². The molecule has 0 saturated carbocycles. The minimum absolute atomic E-state index is 0.150. The summed E-state index contributed by atoms with van der Waals surface area (Å²) in [4.78, 5) is 0. The molecule has 1 nitrogen and oxygen atoms in total. The zero-order valence-electron chi connectivity index (χ0n) is 9.52. The lowest BCUT2D eigenvalue weighted by molar-refractivity contribution is 0.398. The number of benzene rings is 1. The van der Waals surface area contributed by atoms with Crippen LogP contribution in [-0.2, 0) is 6.42 Å². The van der Waals surface area contributed by atoms with E-state index in [0.717, 1.165) is 28.6 Å². The number of piperidine rings is 1. The van der Waals surface area contributed by atoms with Crippen LogP contribution in [0.2, 0.25) is 0 Å². The molecule has 0 bridgehead atoms. The molecule has 0 aromatic heterocycles. The second-order valence-electron chi connectivity index (χ2n) is 4.52. The number of hydrogen-bond acceptors (Lipinski definition) is 1. The van der Waals surface area contributed by atoms with Gasteiger partial charge >= 0.3 is 0 Å². The van der Waals surface area contributed by atoms with Gasteiger partial charge in [0.25, 0.3) is 0 Å². The molecule has 1 fully saturated rings. The summed E-state index contributed by atoms with van der Waals surface area (Å²) >= 11 is 3.40. The van der Waals surface area contributed by atoms with Crippen LogP contribution in [0.3, 0.4) is 0 Å². The third kappa shape index (κ3) is 2.83. The van der Waals surface area contributed by atoms with Gasteiger partial charge in [0.2, 0.25) is 0 Å². The lowest BCUT2D eigenvalue weighted by atomic mass is 9.95. The molecule has 1 aliphatic heterocycles. The van der Waals surface area contributed by atoms with E-state index in [4.69, 9.17) is 0 Å². The van der Waals surface area contributed by atoms with Crippen molar-refractivity contribution in [1.82, 2.24) is 5.32 Å². The Morgan fingerprint density at radius 2 is 2.25 bits per heavy atom. The molecule has 88 valence electrons. The smallest absolute Gasteiger partial charge is 0.124 e. The van der Waals surface area contributed by atoms with Crippen LogP contribution in [0.15, 0.2) is 16.6 Å². The molecule has 16 heavy (non-hydrogen) atoms. The standard InChI is InChI=1S/C13H17BrFN/c1-9-10(6-11(15)8-13(9)14)7-12-4-2-3-5-16-12/h6,8,12,16H,2-5,7H2,1H3. The summed E-state index contributed by atoms with van der Waals surface area (Å²) < 4.78 is 14.2. The van der Waals surface area contributed by atoms with Crippen molar-refractivity contribution in [3.63, 3.8) is 0 Å². The molecule has 1 atom stereocenters. The molecule has 0 aliphatic carbocycles. The van der Waals surface area contributed by atoms with E-state index in [0.29, 0.717) is 6.04 Å². The molecule has 2 rings (SSSR count). The summed E-state index contributed by atoms with van der Waals surface area (Å²) in [6.45, 7) is 3.14. The Morgan fingerprint density at radius 1 is 1.44 bits per heavy atom. The van der Waals surface area contributed by atoms with Gasteiger partial charge in [0.05, 0.1) is 0 Å². The van der Waals surface area contributed by atoms with E-state index in [1.54, 1.807) is 6.07 Å². The first kappa shape index (κ1) is 12.1. The van der Waals surface area contributed by atoms with Gasteiger partial charge in [-0.05, 0) is 56.0 Å². The minimum Gasteiger partial charge on any atom is -0.314 e. The van der Waals surface area contributed by atoms with Gasteiger partial charge in [-0.3, -0.25) is 0 Å². The van der Waals surface area contributed by atoms with Crippen molar-refractivity contribution in [2.75, 3.05) is 6.54 Å². The fourth-order valence-electron chi connectivity index (χ4n) is 2.27. The van der Waals surface area contributed by atoms with Gasteiger partial charge in [-0.2, -0.15) is 0 Å². The number of rotatable bonds is 2. The lowest BCUT2D eigenvalue weighted by Crippen LogP contribution is -2.35. The van der Waals surface area contributed by atoms with E-state index in [-0.39, 0.29) is 5.82 Å². The maximum Gasteiger partial charge on any atom is 0.124 e. The summed E-state index contributed by atoms with van der Waals surface area (Å²) in [7, 11) is 0. The molecule has 1 aliphatic rings. The highest BCUT2D eigenvalue weighted by atomic mass is 79.9. The summed E-state index contributed by atoms with van der Waals surface area (Å²) in [5.74, 6) is -0.150. The van der Waals surface area contributed by atoms with Crippen molar-refractivity contribution in [1.29, 1.82) is 0 Å². The molecule has 3 heteroatoms. The predicted octanol–water partition coefficient (Wildman–Crippen LogP) is 3.58. The molecular formula is C13H17BrFN. The van der Waals surface area contributed by atoms with Crippen LogP contribution in [0.1, 0.15) is 30.4 Å². The first-order chi connectivity index (χ1) is 7.66. The van der Waals surface area contributed by atoms with E-state index in [9.17, 15) is 4.39 Å². The Hall–Kier alpha value is -0.410. The molecule has 0 amide bonds. The van der Waals surface area contributed by atoms with Crippen molar-refractivity contribution in [2.45, 2.75) is 38.6 Å². The average molecular weight is 286 g/mol. The summed E-state index contributed by atoms with van der Waals surface area (Å²) in [6.07, 6.45) is 4.69. The lowest BCUT2D eigenvalue weighted by Gasteiger charge is -2.24. The highest BCUT2D eigenvalue weighted by molar-refractivity contribution is 9.10. The van der Waals surface area contributed by atoms with Crippen molar-refractivity contribution < 1.29 is 4.39 Å². The number of nitrogens with one attached hydrogen (secondary N) is 1. The maximum absolute atomic E-state index is 13.3. The molecule has 1 aromatic rings. The third-order valence-electron chi connectivity index (χ3n) is 3.30. The highest BCUT2D eigenvalue weighted by Crippen LogP contribution is 2.24. The van der Waals surface area contributed by atoms with Gasteiger partial charge in [0, 0.05) is 10.5 Å². The van der Waals surface area contributed by atoms with Crippen molar-refractivity contribution in [3.05, 3.63) is 33.5 Å². The molecule has 1 unspecified atom stereocenters. The van der Waals surface area contributed by atoms with Crippen LogP contribution in [0, 0.1) is 12.7 Å². The Bertz CT molecular complexity index is 372. The van der Waals surface area contributed by atoms with E-state index in [1.165, 1.54) is 25.3 Å². The largest absolute Gasteiger partial charge is 0.314 e. The second-order valence-corrected chi connectivity index (χ2v) is 5.38. The number of hydrogen-bond donors (Lipinski definition) is 1. The molecular weight excluding hydrogens is 269 g/mol. The van der Waals surface area contributed by atoms with Crippen molar-refractivity contribution >= 4 is 15.9 Å². The first-order valence-corrected chi connectivity index (χ1v) is 6.64. The van der Waals surface area contributed by atoms with E-state index >= 15 is 0 Å². The zero-order valence-corrected chi connectivity index (χ0v) is 11.1. The summed E-state index contributed by atoms with van der Waals surface area (Å²) in [5, 5.41) is 3.50. The number of halogens is 2. The Morgan fingerprint density at radius 3 is 2.94 bits per heavy atom. The molecule has 0 spiro atoms. The topological polar surface area (TPSA) is 12.0 Å². The minimum atomic E-state index is -0.150. The van der Waals surface area contributed by atoms with Crippen molar-refractivity contribution in [3.8, 4) is 0 Å². The van der Waals surface area contributed by atoms with Crippen LogP contribution in [-0.4, -0.2) is 12.6 Å². The Kier molecular flexibility index (Phi) is 3.98. The SMILES string of the molecule is Cc1c(Br)cc(F)cc1CC1CCCCN1. The Labute approximate surface area is 105 Å². The first-order valence-electron chi connectivity index (χ1n) is 5.84. The van der Waals surface area contributed by atoms with Gasteiger partial charge in [0.15, 0.2) is 0 Å². The van der Waals surface area contributed by atoms with Crippen LogP contribution < -0.4 is 5.32 Å². The molecule has 1 saturated heterocycles. The van der Waals surface area contributed by atoms with Gasteiger partial charge < -0.3 is 5.32 Å². The van der Waals surface area contributed by atoms with Gasteiger partial charge in [-0.25, -0.2) is 4.39 Å². The van der Waals surface area contributed by atoms with Crippen LogP contribution in [0.25, 0.3) is 0 Å². The molecule has 1 N–H and O–H groups in total. The van der Waals surface area contributed by atoms with Crippen LogP contribution >= 0.6 is 15.9 Å². The molecule has 1 heterocycles. The predicted molar refractivity (Wildman–Crippen MR) is 68.2 cm³/mol. The molecule has 1 aromatic carbocycles. The third-order valence-corrected chi connectivity index (χ3v) is 4.12. The second kappa shape index (κ2) is 5.28. The average Bonchev–Trinajstić information content (AvgIpc) is 2.27. The quantitative estimate of drug-likeness (QED) is 0.876. The van der Waals surface area contributed by atoms with E-state index in [1.807, 2.05) is 6.92 Å². The van der Waals surface area contributed by atoms with Gasteiger partial charge in [-0.15, -0.1) is 0 Å². The van der Waals surface area contributed by atoms with E-state index in [2.05, 4.69) is 21.2 Å². The normalized spacial score (nSPS) is 21.1. The highest BCUT2D eigenvalue weighted by Gasteiger charge is 2.15. The van der Waals surface area contributed by atoms with Gasteiger partial charge in [0.1, 0.15) is 5.82 Å². The fourth-order valence-corrected chi connectivity index (χ4v) is 2.75. The maximum atomic E-state index is 13.3. The van der Waals surface area contributed by atoms with Gasteiger partial charge in [-0.1, -0.05) is 22.4 Å².